The molecule has 0 atom stereocenters. The number of hydrazine groups is 1. The van der Waals surface area contributed by atoms with E-state index in [1.807, 2.05) is 0 Å². The van der Waals surface area contributed by atoms with Crippen LogP contribution in [0.15, 0.2) is 35.1 Å². The minimum absolute atomic E-state index is 0.238. The predicted octanol–water partition coefficient (Wildman–Crippen LogP) is 3.31. The van der Waals surface area contributed by atoms with Crippen LogP contribution in [0.3, 0.4) is 0 Å². The van der Waals surface area contributed by atoms with Crippen molar-refractivity contribution < 1.29 is 27.5 Å². The first-order chi connectivity index (χ1) is 14.2. The molecule has 0 saturated carbocycles. The molecular formula is C21H24F3N3O4. The van der Waals surface area contributed by atoms with E-state index in [1.54, 1.807) is 39.8 Å². The number of amides is 2. The summed E-state index contributed by atoms with van der Waals surface area (Å²) in [6.07, 6.45) is -4.75. The van der Waals surface area contributed by atoms with Gasteiger partial charge in [0.2, 0.25) is 0 Å². The van der Waals surface area contributed by atoms with Crippen LogP contribution in [-0.2, 0) is 13.2 Å². The number of rotatable bonds is 3. The number of nitrogens with one attached hydrogen (secondary N) is 1. The number of aromatic nitrogens is 1. The summed E-state index contributed by atoms with van der Waals surface area (Å²) in [6.45, 7) is 6.50. The Hall–Kier alpha value is -3.30. The summed E-state index contributed by atoms with van der Waals surface area (Å²) in [6, 6.07) is 6.29. The Morgan fingerprint density at radius 1 is 1.06 bits per heavy atom. The quantitative estimate of drug-likeness (QED) is 0.745. The summed E-state index contributed by atoms with van der Waals surface area (Å²) >= 11 is 0. The maximum atomic E-state index is 13.1. The lowest BCUT2D eigenvalue weighted by atomic mass is 10.1. The van der Waals surface area contributed by atoms with E-state index >= 15 is 0 Å². The molecular weight excluding hydrogens is 415 g/mol. The Balaban J connectivity index is 2.47. The summed E-state index contributed by atoms with van der Waals surface area (Å²) in [5.74, 6) is -1.10. The Morgan fingerprint density at radius 2 is 1.68 bits per heavy atom. The van der Waals surface area contributed by atoms with Crippen LogP contribution >= 0.6 is 0 Å². The lowest BCUT2D eigenvalue weighted by molar-refractivity contribution is -0.143. The zero-order valence-electron chi connectivity index (χ0n) is 18.0. The number of hydrogen-bond donors (Lipinski definition) is 1. The Kier molecular flexibility index (Phi) is 6.53. The molecule has 2 amide bonds. The number of alkyl halides is 3. The molecule has 1 aromatic heterocycles. The zero-order valence-corrected chi connectivity index (χ0v) is 18.0. The molecule has 0 aliphatic heterocycles. The van der Waals surface area contributed by atoms with Gasteiger partial charge in [-0.25, -0.2) is 5.01 Å². The topological polar surface area (TPSA) is 80.6 Å². The molecule has 0 spiro atoms. The monoisotopic (exact) mass is 439 g/mol. The van der Waals surface area contributed by atoms with Gasteiger partial charge in [0, 0.05) is 18.2 Å². The first kappa shape index (κ1) is 24.0. The summed E-state index contributed by atoms with van der Waals surface area (Å²) in [7, 11) is 2.39. The molecule has 1 heterocycles. The largest absolute Gasteiger partial charge is 0.496 e. The number of carbonyl (C=O) groups excluding carboxylic acids is 2. The minimum Gasteiger partial charge on any atom is -0.496 e. The third-order valence-electron chi connectivity index (χ3n) is 4.66. The molecule has 7 nitrogen and oxygen atoms in total. The van der Waals surface area contributed by atoms with E-state index in [4.69, 9.17) is 4.74 Å². The van der Waals surface area contributed by atoms with Crippen molar-refractivity contribution in [1.29, 1.82) is 0 Å². The maximum Gasteiger partial charge on any atom is 0.431 e. The van der Waals surface area contributed by atoms with Crippen LogP contribution < -0.4 is 15.7 Å². The van der Waals surface area contributed by atoms with E-state index < -0.39 is 40.3 Å². The van der Waals surface area contributed by atoms with Crippen molar-refractivity contribution in [2.24, 2.45) is 7.05 Å². The highest BCUT2D eigenvalue weighted by Crippen LogP contribution is 2.28. The first-order valence-corrected chi connectivity index (χ1v) is 9.26. The molecule has 31 heavy (non-hydrogen) atoms. The third kappa shape index (κ3) is 4.89. The molecule has 0 radical (unpaired) electrons. The molecule has 0 bridgehead atoms. The van der Waals surface area contributed by atoms with E-state index in [2.05, 4.69) is 5.43 Å². The van der Waals surface area contributed by atoms with Gasteiger partial charge in [0.1, 0.15) is 17.0 Å². The van der Waals surface area contributed by atoms with Crippen molar-refractivity contribution in [3.63, 3.8) is 0 Å². The zero-order chi connectivity index (χ0) is 23.7. The normalized spacial score (nSPS) is 11.8. The third-order valence-corrected chi connectivity index (χ3v) is 4.66. The highest BCUT2D eigenvalue weighted by atomic mass is 19.4. The number of methoxy groups -OCH3 is 1. The van der Waals surface area contributed by atoms with E-state index in [9.17, 15) is 27.6 Å². The fourth-order valence-electron chi connectivity index (χ4n) is 2.97. The van der Waals surface area contributed by atoms with Gasteiger partial charge in [-0.3, -0.25) is 19.8 Å². The van der Waals surface area contributed by atoms with Gasteiger partial charge < -0.3 is 9.30 Å². The van der Waals surface area contributed by atoms with Gasteiger partial charge in [-0.2, -0.15) is 13.2 Å². The predicted molar refractivity (Wildman–Crippen MR) is 108 cm³/mol. The maximum absolute atomic E-state index is 13.1. The van der Waals surface area contributed by atoms with E-state index in [0.29, 0.717) is 21.9 Å². The molecule has 1 N–H and O–H groups in total. The molecule has 1 aromatic carbocycles. The Bertz CT molecular complexity index is 1070. The highest BCUT2D eigenvalue weighted by molar-refractivity contribution is 6.00. The van der Waals surface area contributed by atoms with E-state index in [0.717, 1.165) is 18.1 Å². The van der Waals surface area contributed by atoms with Crippen molar-refractivity contribution in [3.8, 4) is 5.75 Å². The molecule has 0 aliphatic rings. The van der Waals surface area contributed by atoms with Crippen LogP contribution in [0.5, 0.6) is 5.75 Å². The molecule has 0 aliphatic carbocycles. The second-order valence-electron chi connectivity index (χ2n) is 7.88. The number of ether oxygens (including phenoxy) is 1. The smallest absolute Gasteiger partial charge is 0.431 e. The number of nitrogens with zero attached hydrogens (tertiary/aromatic N) is 2. The molecule has 0 saturated heterocycles. The molecule has 2 rings (SSSR count). The van der Waals surface area contributed by atoms with E-state index in [-0.39, 0.29) is 5.56 Å². The Morgan fingerprint density at radius 3 is 2.19 bits per heavy atom. The van der Waals surface area contributed by atoms with Crippen molar-refractivity contribution in [2.75, 3.05) is 7.11 Å². The summed E-state index contributed by atoms with van der Waals surface area (Å²) in [4.78, 5) is 38.5. The van der Waals surface area contributed by atoms with Gasteiger partial charge >= 0.3 is 6.18 Å². The molecule has 168 valence electrons. The van der Waals surface area contributed by atoms with Crippen molar-refractivity contribution in [1.82, 2.24) is 15.0 Å². The lowest BCUT2D eigenvalue weighted by Gasteiger charge is -2.35. The van der Waals surface area contributed by atoms with Gasteiger partial charge in [0.15, 0.2) is 0 Å². The summed E-state index contributed by atoms with van der Waals surface area (Å²) < 4.78 is 44.7. The number of carbonyl (C=O) groups is 2. The fraction of sp³-hybridized carbons (Fsp3) is 0.381. The van der Waals surface area contributed by atoms with Crippen LogP contribution in [-0.4, -0.2) is 34.0 Å². The fourth-order valence-corrected chi connectivity index (χ4v) is 2.97. The SMILES string of the molecule is COc1cccc(C(=O)NN(C(=O)c2ccc(C(F)(F)F)n(C)c2=O)C(C)(C)C)c1C. The van der Waals surface area contributed by atoms with Crippen LogP contribution in [0.25, 0.3) is 0 Å². The standard InChI is InChI=1S/C21H24F3N3O4/c1-12-13(8-7-9-15(12)31-6)17(28)25-27(20(2,3)4)19(30)14-10-11-16(21(22,23)24)26(5)18(14)29/h7-11H,1-6H3,(H,25,28). The molecule has 0 fully saturated rings. The van der Waals surface area contributed by atoms with E-state index in [1.165, 1.54) is 13.2 Å². The van der Waals surface area contributed by atoms with Crippen molar-refractivity contribution in [3.05, 3.63) is 63.1 Å². The number of hydrogen-bond acceptors (Lipinski definition) is 4. The second kappa shape index (κ2) is 8.44. The van der Waals surface area contributed by atoms with Crippen molar-refractivity contribution in [2.45, 2.75) is 39.4 Å². The number of benzene rings is 1. The van der Waals surface area contributed by atoms with Gasteiger partial charge in [0.05, 0.1) is 12.6 Å². The second-order valence-corrected chi connectivity index (χ2v) is 7.88. The number of pyridine rings is 1. The highest BCUT2D eigenvalue weighted by Gasteiger charge is 2.36. The molecule has 2 aromatic rings. The van der Waals surface area contributed by atoms with Crippen molar-refractivity contribution >= 4 is 11.8 Å². The van der Waals surface area contributed by atoms with Gasteiger partial charge in [-0.1, -0.05) is 6.07 Å². The average molecular weight is 439 g/mol. The van der Waals surface area contributed by atoms with Crippen LogP contribution in [0.1, 0.15) is 52.7 Å². The van der Waals surface area contributed by atoms with Gasteiger partial charge in [0.25, 0.3) is 17.4 Å². The number of halogens is 3. The molecule has 0 unspecified atom stereocenters. The molecule has 10 heteroatoms. The Labute approximate surface area is 177 Å². The minimum atomic E-state index is -4.75. The summed E-state index contributed by atoms with van der Waals surface area (Å²) in [5.41, 5.74) is -0.563. The first-order valence-electron chi connectivity index (χ1n) is 9.26. The van der Waals surface area contributed by atoms with Crippen LogP contribution in [0.2, 0.25) is 0 Å². The van der Waals surface area contributed by atoms with Crippen LogP contribution in [0, 0.1) is 6.92 Å². The van der Waals surface area contributed by atoms with Gasteiger partial charge in [-0.05, 0) is 52.0 Å². The van der Waals surface area contributed by atoms with Crippen LogP contribution in [0.4, 0.5) is 13.2 Å². The lowest BCUT2D eigenvalue weighted by Crippen LogP contribution is -2.57. The van der Waals surface area contributed by atoms with Gasteiger partial charge in [-0.15, -0.1) is 0 Å². The summed E-state index contributed by atoms with van der Waals surface area (Å²) in [5, 5.41) is 0.929. The average Bonchev–Trinajstić information content (AvgIpc) is 2.65.